The van der Waals surface area contributed by atoms with Gasteiger partial charge in [0.05, 0.1) is 11.3 Å². The van der Waals surface area contributed by atoms with Crippen LogP contribution in [-0.2, 0) is 4.79 Å². The molecule has 9 nitrogen and oxygen atoms in total. The number of hydrazine groups is 1. The number of anilines is 1. The first-order valence-electron chi connectivity index (χ1n) is 10.3. The van der Waals surface area contributed by atoms with E-state index < -0.39 is 5.91 Å². The van der Waals surface area contributed by atoms with E-state index in [4.69, 9.17) is 15.9 Å². The summed E-state index contributed by atoms with van der Waals surface area (Å²) in [4.78, 5) is 23.4. The predicted molar refractivity (Wildman–Crippen MR) is 121 cm³/mol. The molecule has 0 atom stereocenters. The number of aryl methyl sites for hydroxylation is 1. The van der Waals surface area contributed by atoms with E-state index in [9.17, 15) is 14.7 Å². The Bertz CT molecular complexity index is 1120. The van der Waals surface area contributed by atoms with Crippen molar-refractivity contribution in [2.24, 2.45) is 5.73 Å². The largest absolute Gasteiger partial charge is 0.507 e. The number of aliphatic hydroxyl groups excluding tert-OH is 1. The van der Waals surface area contributed by atoms with Crippen molar-refractivity contribution in [3.8, 4) is 5.75 Å². The predicted octanol–water partition coefficient (Wildman–Crippen LogP) is 2.02. The Morgan fingerprint density at radius 2 is 2.03 bits per heavy atom. The molecule has 0 radical (unpaired) electrons. The van der Waals surface area contributed by atoms with Crippen molar-refractivity contribution in [2.75, 3.05) is 18.2 Å². The van der Waals surface area contributed by atoms with Gasteiger partial charge in [0.25, 0.3) is 11.8 Å². The number of aliphatic hydroxyl groups is 1. The SMILES string of the molecule is Cc1ccc(C(=O)NC2CC2)cc1N1NCC(=C(O)c2cccc(OCC(N)=O)c2)C1=N. The number of carbonyl (C=O) groups excluding carboxylic acids is 2. The molecule has 2 aromatic rings. The molecular formula is C23H25N5O4. The summed E-state index contributed by atoms with van der Waals surface area (Å²) >= 11 is 0. The van der Waals surface area contributed by atoms with Crippen molar-refractivity contribution in [1.29, 1.82) is 5.41 Å². The highest BCUT2D eigenvalue weighted by Crippen LogP contribution is 2.29. The van der Waals surface area contributed by atoms with Crippen molar-refractivity contribution in [2.45, 2.75) is 25.8 Å². The minimum atomic E-state index is -0.598. The second-order valence-electron chi connectivity index (χ2n) is 7.88. The first-order chi connectivity index (χ1) is 15.3. The van der Waals surface area contributed by atoms with Gasteiger partial charge >= 0.3 is 0 Å². The first-order valence-corrected chi connectivity index (χ1v) is 10.3. The van der Waals surface area contributed by atoms with Crippen molar-refractivity contribution in [3.05, 3.63) is 64.7 Å². The van der Waals surface area contributed by atoms with Gasteiger partial charge in [-0.15, -0.1) is 0 Å². The normalized spacial score (nSPS) is 17.3. The Morgan fingerprint density at radius 1 is 1.25 bits per heavy atom. The van der Waals surface area contributed by atoms with Crippen molar-refractivity contribution in [1.82, 2.24) is 10.7 Å². The fraction of sp³-hybridized carbons (Fsp3) is 0.261. The smallest absolute Gasteiger partial charge is 0.255 e. The van der Waals surface area contributed by atoms with Crippen LogP contribution in [0.3, 0.4) is 0 Å². The lowest BCUT2D eigenvalue weighted by molar-refractivity contribution is -0.119. The molecule has 32 heavy (non-hydrogen) atoms. The fourth-order valence-electron chi connectivity index (χ4n) is 3.41. The number of ether oxygens (including phenoxy) is 1. The maximum atomic E-state index is 12.4. The molecule has 9 heteroatoms. The molecule has 1 aliphatic carbocycles. The van der Waals surface area contributed by atoms with Gasteiger partial charge in [0, 0.05) is 23.7 Å². The van der Waals surface area contributed by atoms with Crippen LogP contribution < -0.4 is 26.2 Å². The summed E-state index contributed by atoms with van der Waals surface area (Å²) < 4.78 is 5.30. The zero-order valence-corrected chi connectivity index (χ0v) is 17.6. The number of nitrogens with two attached hydrogens (primary N) is 1. The van der Waals surface area contributed by atoms with E-state index in [1.165, 1.54) is 0 Å². The van der Waals surface area contributed by atoms with Gasteiger partial charge < -0.3 is 20.9 Å². The minimum absolute atomic E-state index is 0.0743. The van der Waals surface area contributed by atoms with Gasteiger partial charge in [-0.2, -0.15) is 0 Å². The first kappa shape index (κ1) is 21.4. The van der Waals surface area contributed by atoms with Gasteiger partial charge in [-0.25, -0.2) is 5.43 Å². The zero-order valence-electron chi connectivity index (χ0n) is 17.6. The summed E-state index contributed by atoms with van der Waals surface area (Å²) in [5.74, 6) is -0.346. The second-order valence-corrected chi connectivity index (χ2v) is 7.88. The van der Waals surface area contributed by atoms with E-state index in [1.54, 1.807) is 41.4 Å². The van der Waals surface area contributed by atoms with Crippen LogP contribution in [0.1, 0.15) is 34.3 Å². The van der Waals surface area contributed by atoms with Gasteiger partial charge in [0.15, 0.2) is 6.61 Å². The molecular weight excluding hydrogens is 410 g/mol. The van der Waals surface area contributed by atoms with Crippen LogP contribution in [0.25, 0.3) is 5.76 Å². The van der Waals surface area contributed by atoms with Gasteiger partial charge in [-0.3, -0.25) is 20.0 Å². The molecule has 0 bridgehead atoms. The molecule has 6 N–H and O–H groups in total. The Balaban J connectivity index is 1.57. The molecule has 2 aromatic carbocycles. The number of primary amides is 1. The third-order valence-corrected chi connectivity index (χ3v) is 5.32. The van der Waals surface area contributed by atoms with E-state index in [1.807, 2.05) is 13.0 Å². The average Bonchev–Trinajstić information content (AvgIpc) is 3.51. The molecule has 2 amide bonds. The lowest BCUT2D eigenvalue weighted by Crippen LogP contribution is -2.35. The molecule has 2 aliphatic rings. The summed E-state index contributed by atoms with van der Waals surface area (Å²) in [5.41, 5.74) is 11.1. The Morgan fingerprint density at radius 3 is 2.75 bits per heavy atom. The number of carbonyl (C=O) groups is 2. The molecule has 1 aliphatic heterocycles. The molecule has 1 saturated carbocycles. The number of amidine groups is 1. The number of nitrogens with one attached hydrogen (secondary N) is 3. The summed E-state index contributed by atoms with van der Waals surface area (Å²) in [6.07, 6.45) is 2.01. The third kappa shape index (κ3) is 4.57. The van der Waals surface area contributed by atoms with Crippen molar-refractivity contribution >= 4 is 29.1 Å². The van der Waals surface area contributed by atoms with Gasteiger partial charge in [0.2, 0.25) is 0 Å². The summed E-state index contributed by atoms with van der Waals surface area (Å²) in [7, 11) is 0. The fourth-order valence-corrected chi connectivity index (χ4v) is 3.41. The molecule has 0 aromatic heterocycles. The number of benzene rings is 2. The van der Waals surface area contributed by atoms with E-state index in [0.717, 1.165) is 18.4 Å². The third-order valence-electron chi connectivity index (χ3n) is 5.32. The lowest BCUT2D eigenvalue weighted by Gasteiger charge is -2.21. The molecule has 2 fully saturated rings. The summed E-state index contributed by atoms with van der Waals surface area (Å²) in [5, 5.41) is 24.0. The molecule has 0 spiro atoms. The van der Waals surface area contributed by atoms with E-state index in [2.05, 4.69) is 10.7 Å². The highest BCUT2D eigenvalue weighted by molar-refractivity contribution is 6.14. The van der Waals surface area contributed by atoms with E-state index in [0.29, 0.717) is 28.1 Å². The summed E-state index contributed by atoms with van der Waals surface area (Å²) in [6, 6.07) is 12.2. The summed E-state index contributed by atoms with van der Waals surface area (Å²) in [6.45, 7) is 1.86. The topological polar surface area (TPSA) is 141 Å². The van der Waals surface area contributed by atoms with Crippen molar-refractivity contribution in [3.63, 3.8) is 0 Å². The molecule has 1 saturated heterocycles. The highest BCUT2D eigenvalue weighted by atomic mass is 16.5. The minimum Gasteiger partial charge on any atom is -0.507 e. The maximum absolute atomic E-state index is 12.4. The lowest BCUT2D eigenvalue weighted by atomic mass is 10.1. The van der Waals surface area contributed by atoms with Crippen molar-refractivity contribution < 1.29 is 19.4 Å². The maximum Gasteiger partial charge on any atom is 0.255 e. The Labute approximate surface area is 185 Å². The number of hydrogen-bond donors (Lipinski definition) is 5. The van der Waals surface area contributed by atoms with Crippen LogP contribution >= 0.6 is 0 Å². The average molecular weight is 435 g/mol. The molecule has 0 unspecified atom stereocenters. The van der Waals surface area contributed by atoms with Crippen LogP contribution in [0, 0.1) is 12.3 Å². The molecule has 166 valence electrons. The van der Waals surface area contributed by atoms with Crippen LogP contribution in [0.15, 0.2) is 48.0 Å². The monoisotopic (exact) mass is 435 g/mol. The number of hydrogen-bond acceptors (Lipinski definition) is 6. The van der Waals surface area contributed by atoms with Crippen LogP contribution in [0.4, 0.5) is 5.69 Å². The van der Waals surface area contributed by atoms with Gasteiger partial charge in [-0.05, 0) is 49.6 Å². The van der Waals surface area contributed by atoms with Crippen LogP contribution in [0.5, 0.6) is 5.75 Å². The van der Waals surface area contributed by atoms with Crippen LogP contribution in [-0.4, -0.2) is 41.9 Å². The Kier molecular flexibility index (Phi) is 5.83. The van der Waals surface area contributed by atoms with Gasteiger partial charge in [0.1, 0.15) is 17.3 Å². The zero-order chi connectivity index (χ0) is 22.8. The molecule has 4 rings (SSSR count). The number of nitrogens with zero attached hydrogens (tertiary/aromatic N) is 1. The Hall–Kier alpha value is -3.85. The number of amides is 2. The van der Waals surface area contributed by atoms with E-state index in [-0.39, 0.29) is 36.7 Å². The second kappa shape index (κ2) is 8.72. The van der Waals surface area contributed by atoms with Gasteiger partial charge in [-0.1, -0.05) is 18.2 Å². The van der Waals surface area contributed by atoms with Crippen LogP contribution in [0.2, 0.25) is 0 Å². The standard InChI is InChI=1S/C23H25N5O4/c1-13-5-6-15(23(31)27-16-7-8-16)10-19(13)28-22(25)18(11-26-28)21(30)14-3-2-4-17(9-14)32-12-20(24)29/h2-6,9-10,16,25-26,30H,7-8,11-12H2,1H3,(H2,24,29)(H,27,31). The number of rotatable bonds is 7. The quantitative estimate of drug-likeness (QED) is 0.422. The molecule has 1 heterocycles. The highest BCUT2D eigenvalue weighted by Gasteiger charge is 2.29. The van der Waals surface area contributed by atoms with E-state index >= 15 is 0 Å².